The Labute approximate surface area is 174 Å². The summed E-state index contributed by atoms with van der Waals surface area (Å²) in [7, 11) is 0. The first-order valence-electron chi connectivity index (χ1n) is 10.00. The Morgan fingerprint density at radius 1 is 1.47 bits per heavy atom. The van der Waals surface area contributed by atoms with E-state index in [1.165, 1.54) is 6.20 Å². The maximum Gasteiger partial charge on any atom is 0.268 e. The fourth-order valence-corrected chi connectivity index (χ4v) is 3.72. The van der Waals surface area contributed by atoms with Gasteiger partial charge in [0.1, 0.15) is 6.04 Å². The van der Waals surface area contributed by atoms with Gasteiger partial charge in [0.05, 0.1) is 19.2 Å². The summed E-state index contributed by atoms with van der Waals surface area (Å²) < 4.78 is 27.0. The van der Waals surface area contributed by atoms with Gasteiger partial charge in [-0.1, -0.05) is 12.2 Å². The van der Waals surface area contributed by atoms with Gasteiger partial charge in [0.2, 0.25) is 5.91 Å². The van der Waals surface area contributed by atoms with Gasteiger partial charge in [-0.2, -0.15) is 5.26 Å². The second-order valence-electron chi connectivity index (χ2n) is 7.88. The Hall–Kier alpha value is -2.86. The molecule has 2 fully saturated rings. The molecule has 2 aliphatic rings. The molecule has 1 aromatic heterocycles. The van der Waals surface area contributed by atoms with Crippen molar-refractivity contribution in [3.05, 3.63) is 35.7 Å². The van der Waals surface area contributed by atoms with Crippen LogP contribution in [0.25, 0.3) is 6.08 Å². The van der Waals surface area contributed by atoms with Gasteiger partial charge >= 0.3 is 0 Å². The quantitative estimate of drug-likeness (QED) is 0.763. The van der Waals surface area contributed by atoms with Crippen LogP contribution in [0.5, 0.6) is 0 Å². The fourth-order valence-electron chi connectivity index (χ4n) is 3.72. The van der Waals surface area contributed by atoms with Crippen molar-refractivity contribution >= 4 is 17.9 Å². The molecule has 3 heterocycles. The van der Waals surface area contributed by atoms with Crippen LogP contribution in [0, 0.1) is 17.2 Å². The molecule has 3 atom stereocenters. The minimum atomic E-state index is -3.09. The molecule has 7 nitrogen and oxygen atoms in total. The third-order valence-corrected chi connectivity index (χ3v) is 5.48. The monoisotopic (exact) mass is 417 g/mol. The Balaban J connectivity index is 1.61. The van der Waals surface area contributed by atoms with E-state index in [2.05, 4.69) is 22.5 Å². The second-order valence-corrected chi connectivity index (χ2v) is 7.88. The zero-order valence-electron chi connectivity index (χ0n) is 16.8. The molecule has 2 aliphatic heterocycles. The van der Waals surface area contributed by atoms with Crippen molar-refractivity contribution in [2.24, 2.45) is 5.92 Å². The lowest BCUT2D eigenvalue weighted by atomic mass is 9.94. The fraction of sp³-hybridized carbons (Fsp3) is 0.524. The zero-order valence-corrected chi connectivity index (χ0v) is 16.8. The Kier molecular flexibility index (Phi) is 6.77. The molecule has 0 bridgehead atoms. The molecule has 0 aromatic carbocycles. The highest BCUT2D eigenvalue weighted by Crippen LogP contribution is 2.31. The largest absolute Gasteiger partial charge is 0.343 e. The van der Waals surface area contributed by atoms with Crippen LogP contribution >= 0.6 is 0 Å². The van der Waals surface area contributed by atoms with Crippen LogP contribution in [-0.2, 0) is 4.79 Å². The van der Waals surface area contributed by atoms with Crippen molar-refractivity contribution in [3.8, 4) is 6.07 Å². The van der Waals surface area contributed by atoms with Crippen LogP contribution in [0.3, 0.4) is 0 Å². The maximum atomic E-state index is 13.5. The van der Waals surface area contributed by atoms with E-state index in [1.54, 1.807) is 18.3 Å². The lowest BCUT2D eigenvalue weighted by Crippen LogP contribution is -2.43. The van der Waals surface area contributed by atoms with Gasteiger partial charge in [-0.3, -0.25) is 14.6 Å². The van der Waals surface area contributed by atoms with Crippen LogP contribution in [0.4, 0.5) is 8.78 Å². The Morgan fingerprint density at radius 3 is 2.97 bits per heavy atom. The van der Waals surface area contributed by atoms with Crippen molar-refractivity contribution in [2.75, 3.05) is 19.6 Å². The first kappa shape index (κ1) is 21.8. The highest BCUT2D eigenvalue weighted by Gasteiger charge is 2.47. The Bertz CT molecular complexity index is 859. The van der Waals surface area contributed by atoms with Crippen molar-refractivity contribution in [3.63, 3.8) is 0 Å². The molecule has 1 aromatic rings. The maximum absolute atomic E-state index is 13.5. The third-order valence-electron chi connectivity index (χ3n) is 5.48. The molecule has 0 radical (unpaired) electrons. The van der Waals surface area contributed by atoms with Gasteiger partial charge in [-0.25, -0.2) is 8.78 Å². The van der Waals surface area contributed by atoms with Crippen molar-refractivity contribution < 1.29 is 18.4 Å². The van der Waals surface area contributed by atoms with Crippen LogP contribution in [-0.4, -0.2) is 59.3 Å². The van der Waals surface area contributed by atoms with Crippen LogP contribution in [0.15, 0.2) is 24.5 Å². The standard InChI is InChI=1S/C21H25F2N5O2/c1-14-2-3-15(10-26-14)4-5-16-11-25-7-6-18(16)20(30)27-12-19(29)28-13-21(22,23)8-17(28)9-24/h4-7,11,14-15,17,26H,2-3,8,10,12-13H2,1H3,(H,27,30)/b5-4+/t14-,15+,17-/m0/s1. The number of hydrogen-bond donors (Lipinski definition) is 2. The average Bonchev–Trinajstić information content (AvgIpc) is 3.06. The van der Waals surface area contributed by atoms with Gasteiger partial charge in [-0.05, 0) is 31.7 Å². The highest BCUT2D eigenvalue weighted by molar-refractivity contribution is 5.99. The lowest BCUT2D eigenvalue weighted by Gasteiger charge is -2.25. The van der Waals surface area contributed by atoms with Gasteiger partial charge in [0.15, 0.2) is 0 Å². The van der Waals surface area contributed by atoms with Crippen LogP contribution in [0.2, 0.25) is 0 Å². The van der Waals surface area contributed by atoms with Gasteiger partial charge in [0, 0.05) is 42.5 Å². The number of hydrogen-bond acceptors (Lipinski definition) is 5. The van der Waals surface area contributed by atoms with E-state index >= 15 is 0 Å². The van der Waals surface area contributed by atoms with E-state index in [0.717, 1.165) is 24.3 Å². The van der Waals surface area contributed by atoms with E-state index in [-0.39, 0.29) is 0 Å². The number of halogens is 2. The molecular formula is C21H25F2N5O2. The third kappa shape index (κ3) is 5.39. The minimum absolute atomic E-state index is 0.342. The molecule has 2 N–H and O–H groups in total. The molecule has 30 heavy (non-hydrogen) atoms. The van der Waals surface area contributed by atoms with E-state index in [9.17, 15) is 18.4 Å². The number of carbonyl (C=O) groups excluding carboxylic acids is 2. The number of pyridine rings is 1. The summed E-state index contributed by atoms with van der Waals surface area (Å²) in [4.78, 5) is 29.7. The van der Waals surface area contributed by atoms with Gasteiger partial charge in [0.25, 0.3) is 11.8 Å². The SMILES string of the molecule is C[C@H]1CC[C@H](/C=C/c2cnccc2C(=O)NCC(=O)N2CC(F)(F)C[C@H]2C#N)CN1. The molecular weight excluding hydrogens is 392 g/mol. The summed E-state index contributed by atoms with van der Waals surface area (Å²) in [5.41, 5.74) is 0.957. The van der Waals surface area contributed by atoms with E-state index in [0.29, 0.717) is 23.1 Å². The molecule has 0 spiro atoms. The number of nitrogens with zero attached hydrogens (tertiary/aromatic N) is 3. The van der Waals surface area contributed by atoms with Crippen molar-refractivity contribution in [1.29, 1.82) is 5.26 Å². The van der Waals surface area contributed by atoms with Crippen LogP contribution < -0.4 is 10.6 Å². The highest BCUT2D eigenvalue weighted by atomic mass is 19.3. The predicted molar refractivity (Wildman–Crippen MR) is 106 cm³/mol. The molecule has 2 amide bonds. The average molecular weight is 417 g/mol. The van der Waals surface area contributed by atoms with Crippen LogP contribution in [0.1, 0.15) is 42.1 Å². The number of piperidine rings is 1. The lowest BCUT2D eigenvalue weighted by molar-refractivity contribution is -0.131. The number of likely N-dealkylation sites (tertiary alicyclic amines) is 1. The number of alkyl halides is 2. The topological polar surface area (TPSA) is 98.1 Å². The summed E-state index contributed by atoms with van der Waals surface area (Å²) in [5, 5.41) is 14.9. The Morgan fingerprint density at radius 2 is 2.27 bits per heavy atom. The normalized spacial score (nSPS) is 25.8. The first-order valence-corrected chi connectivity index (χ1v) is 10.00. The number of aromatic nitrogens is 1. The zero-order chi connectivity index (χ0) is 21.7. The van der Waals surface area contributed by atoms with Gasteiger partial charge in [-0.15, -0.1) is 0 Å². The number of amides is 2. The summed E-state index contributed by atoms with van der Waals surface area (Å²) in [5.74, 6) is -3.94. The minimum Gasteiger partial charge on any atom is -0.343 e. The molecule has 0 unspecified atom stereocenters. The predicted octanol–water partition coefficient (Wildman–Crippen LogP) is 1.97. The smallest absolute Gasteiger partial charge is 0.268 e. The van der Waals surface area contributed by atoms with Crippen molar-refractivity contribution in [1.82, 2.24) is 20.5 Å². The summed E-state index contributed by atoms with van der Waals surface area (Å²) >= 11 is 0. The summed E-state index contributed by atoms with van der Waals surface area (Å²) in [6.07, 6.45) is 8.39. The van der Waals surface area contributed by atoms with Crippen molar-refractivity contribution in [2.45, 2.75) is 44.2 Å². The number of nitriles is 1. The molecule has 3 rings (SSSR count). The molecule has 160 valence electrons. The number of carbonyl (C=O) groups is 2. The second kappa shape index (κ2) is 9.30. The summed E-state index contributed by atoms with van der Waals surface area (Å²) in [6, 6.07) is 2.58. The molecule has 0 saturated carbocycles. The number of nitrogens with one attached hydrogen (secondary N) is 2. The van der Waals surface area contributed by atoms with E-state index in [4.69, 9.17) is 5.26 Å². The first-order chi connectivity index (χ1) is 14.3. The van der Waals surface area contributed by atoms with E-state index in [1.807, 2.05) is 12.2 Å². The molecule has 9 heteroatoms. The van der Waals surface area contributed by atoms with E-state index < -0.39 is 43.3 Å². The summed E-state index contributed by atoms with van der Waals surface area (Å²) in [6.45, 7) is 1.75. The molecule has 2 saturated heterocycles. The molecule has 0 aliphatic carbocycles. The van der Waals surface area contributed by atoms with Gasteiger partial charge < -0.3 is 15.5 Å². The number of rotatable bonds is 5.